The lowest BCUT2D eigenvalue weighted by molar-refractivity contribution is 0.310. The molecule has 2 N–H and O–H groups in total. The summed E-state index contributed by atoms with van der Waals surface area (Å²) in [4.78, 5) is 16.1. The minimum Gasteiger partial charge on any atom is -0.474 e. The van der Waals surface area contributed by atoms with E-state index in [0.717, 1.165) is 60.4 Å². The second-order valence-corrected chi connectivity index (χ2v) is 8.70. The molecule has 5 heterocycles. The molecule has 3 aromatic heterocycles. The molecule has 160 valence electrons. The fourth-order valence-corrected chi connectivity index (χ4v) is 4.59. The van der Waals surface area contributed by atoms with Crippen LogP contribution in [0, 0.1) is 6.92 Å². The zero-order chi connectivity index (χ0) is 21.2. The number of thioether (sulfide) groups is 1. The third-order valence-corrected chi connectivity index (χ3v) is 6.33. The predicted octanol–water partition coefficient (Wildman–Crippen LogP) is 4.15. The molecule has 2 aliphatic heterocycles. The number of hydrogen-bond donors (Lipinski definition) is 2. The molecule has 8 heteroatoms. The van der Waals surface area contributed by atoms with Crippen molar-refractivity contribution >= 4 is 34.6 Å². The number of fused-ring (bicyclic) bond motifs is 2. The van der Waals surface area contributed by atoms with Crippen molar-refractivity contribution in [1.29, 1.82) is 0 Å². The summed E-state index contributed by atoms with van der Waals surface area (Å²) in [5.41, 5.74) is 7.99. The van der Waals surface area contributed by atoms with Gasteiger partial charge in [0.2, 0.25) is 5.88 Å². The highest BCUT2D eigenvalue weighted by Crippen LogP contribution is 2.36. The molecular weight excluding hydrogens is 408 g/mol. The van der Waals surface area contributed by atoms with E-state index in [2.05, 4.69) is 61.9 Å². The topological polar surface area (TPSA) is 75.2 Å². The first-order chi connectivity index (χ1) is 15.2. The molecule has 31 heavy (non-hydrogen) atoms. The Morgan fingerprint density at radius 1 is 1.16 bits per heavy atom. The van der Waals surface area contributed by atoms with Crippen LogP contribution in [-0.2, 0) is 18.7 Å². The van der Waals surface area contributed by atoms with Gasteiger partial charge < -0.3 is 20.3 Å². The summed E-state index contributed by atoms with van der Waals surface area (Å²) in [6.07, 6.45) is 8.86. The van der Waals surface area contributed by atoms with Gasteiger partial charge >= 0.3 is 0 Å². The molecule has 7 nitrogen and oxygen atoms in total. The molecule has 0 saturated heterocycles. The SMILES string of the molecule is CSCc1ccc(Nc2cc3c(cn2)CCN(c2cnc4c(c2C)NCCO4)C3)cn1. The van der Waals surface area contributed by atoms with Gasteiger partial charge in [-0.25, -0.2) is 9.97 Å². The number of anilines is 4. The van der Waals surface area contributed by atoms with Crippen LogP contribution in [0.3, 0.4) is 0 Å². The Bertz CT molecular complexity index is 1090. The van der Waals surface area contributed by atoms with Crippen molar-refractivity contribution in [2.75, 3.05) is 41.5 Å². The maximum atomic E-state index is 5.68. The lowest BCUT2D eigenvalue weighted by atomic mass is 10.0. The summed E-state index contributed by atoms with van der Waals surface area (Å²) in [5.74, 6) is 2.47. The second-order valence-electron chi connectivity index (χ2n) is 7.83. The maximum Gasteiger partial charge on any atom is 0.237 e. The number of pyridine rings is 3. The monoisotopic (exact) mass is 434 g/mol. The van der Waals surface area contributed by atoms with Crippen molar-refractivity contribution in [2.24, 2.45) is 0 Å². The zero-order valence-corrected chi connectivity index (χ0v) is 18.6. The van der Waals surface area contributed by atoms with Crippen molar-refractivity contribution in [3.05, 3.63) is 59.2 Å². The van der Waals surface area contributed by atoms with Gasteiger partial charge in [0.1, 0.15) is 18.1 Å². The molecule has 5 rings (SSSR count). The van der Waals surface area contributed by atoms with Gasteiger partial charge in [-0.15, -0.1) is 0 Å². The average Bonchev–Trinajstić information content (AvgIpc) is 2.80. The number of ether oxygens (including phenoxy) is 1. The third-order valence-electron chi connectivity index (χ3n) is 5.74. The van der Waals surface area contributed by atoms with E-state index in [-0.39, 0.29) is 0 Å². The minimum absolute atomic E-state index is 0.661. The normalized spacial score (nSPS) is 14.8. The Labute approximate surface area is 186 Å². The molecule has 0 radical (unpaired) electrons. The van der Waals surface area contributed by atoms with Crippen molar-refractivity contribution < 1.29 is 4.74 Å². The maximum absolute atomic E-state index is 5.68. The van der Waals surface area contributed by atoms with Gasteiger partial charge in [0.05, 0.1) is 29.5 Å². The number of nitrogens with one attached hydrogen (secondary N) is 2. The molecule has 0 atom stereocenters. The van der Waals surface area contributed by atoms with E-state index < -0.39 is 0 Å². The Morgan fingerprint density at radius 2 is 2.10 bits per heavy atom. The Morgan fingerprint density at radius 3 is 2.94 bits per heavy atom. The first kappa shape index (κ1) is 19.9. The highest BCUT2D eigenvalue weighted by molar-refractivity contribution is 7.97. The van der Waals surface area contributed by atoms with E-state index in [1.54, 1.807) is 11.8 Å². The van der Waals surface area contributed by atoms with E-state index in [0.29, 0.717) is 12.5 Å². The molecule has 0 bridgehead atoms. The van der Waals surface area contributed by atoms with E-state index in [1.165, 1.54) is 16.7 Å². The van der Waals surface area contributed by atoms with E-state index in [4.69, 9.17) is 4.74 Å². The molecule has 2 aliphatic rings. The van der Waals surface area contributed by atoms with Gasteiger partial charge in [0.25, 0.3) is 0 Å². The van der Waals surface area contributed by atoms with Crippen LogP contribution in [0.5, 0.6) is 5.88 Å². The quantitative estimate of drug-likeness (QED) is 0.620. The van der Waals surface area contributed by atoms with Crippen LogP contribution < -0.4 is 20.3 Å². The summed E-state index contributed by atoms with van der Waals surface area (Å²) < 4.78 is 5.68. The van der Waals surface area contributed by atoms with Gasteiger partial charge in [0.15, 0.2) is 0 Å². The summed E-state index contributed by atoms with van der Waals surface area (Å²) in [6.45, 7) is 5.40. The zero-order valence-electron chi connectivity index (χ0n) is 17.8. The van der Waals surface area contributed by atoms with E-state index in [9.17, 15) is 0 Å². The first-order valence-corrected chi connectivity index (χ1v) is 11.9. The number of aromatic nitrogens is 3. The number of rotatable bonds is 5. The minimum atomic E-state index is 0.661. The van der Waals surface area contributed by atoms with E-state index in [1.807, 2.05) is 18.6 Å². The third kappa shape index (κ3) is 4.12. The van der Waals surface area contributed by atoms with Crippen LogP contribution in [0.1, 0.15) is 22.4 Å². The standard InChI is InChI=1S/C23H26N6OS/c1-15-20(12-27-23-22(15)24-6-8-30-23)29-7-5-16-10-26-21(9-17(16)13-29)28-18-3-4-19(14-31-2)25-11-18/h3-4,9-12,24H,5-8,13-14H2,1-2H3,(H,26,28). The fourth-order valence-electron chi connectivity index (χ4n) is 4.12. The fraction of sp³-hybridized carbons (Fsp3) is 0.348. The smallest absolute Gasteiger partial charge is 0.237 e. The molecular formula is C23H26N6OS. The molecule has 3 aromatic rings. The van der Waals surface area contributed by atoms with E-state index >= 15 is 0 Å². The van der Waals surface area contributed by atoms with Gasteiger partial charge in [-0.2, -0.15) is 11.8 Å². The van der Waals surface area contributed by atoms with Crippen molar-refractivity contribution in [2.45, 2.75) is 25.6 Å². The van der Waals surface area contributed by atoms with Crippen LogP contribution in [0.15, 0.2) is 36.8 Å². The average molecular weight is 435 g/mol. The summed E-state index contributed by atoms with van der Waals surface area (Å²) in [7, 11) is 0. The van der Waals surface area contributed by atoms with Crippen LogP contribution in [0.2, 0.25) is 0 Å². The van der Waals surface area contributed by atoms with Crippen molar-refractivity contribution in [3.8, 4) is 5.88 Å². The van der Waals surface area contributed by atoms with Gasteiger partial charge in [-0.05, 0) is 48.9 Å². The highest BCUT2D eigenvalue weighted by Gasteiger charge is 2.23. The largest absolute Gasteiger partial charge is 0.474 e. The molecule has 0 amide bonds. The predicted molar refractivity (Wildman–Crippen MR) is 127 cm³/mol. The molecule has 0 unspecified atom stereocenters. The van der Waals surface area contributed by atoms with Gasteiger partial charge in [-0.1, -0.05) is 0 Å². The summed E-state index contributed by atoms with van der Waals surface area (Å²) >= 11 is 1.77. The van der Waals surface area contributed by atoms with Crippen LogP contribution in [0.4, 0.5) is 22.9 Å². The Hall–Kier alpha value is -3.00. The number of hydrogen-bond acceptors (Lipinski definition) is 8. The van der Waals surface area contributed by atoms with Crippen molar-refractivity contribution in [3.63, 3.8) is 0 Å². The Kier molecular flexibility index (Phi) is 5.55. The molecule has 0 aliphatic carbocycles. The molecule has 0 aromatic carbocycles. The van der Waals surface area contributed by atoms with Gasteiger partial charge in [-0.3, -0.25) is 4.98 Å². The second kappa shape index (κ2) is 8.63. The molecule has 0 saturated carbocycles. The lowest BCUT2D eigenvalue weighted by Crippen LogP contribution is -2.32. The van der Waals surface area contributed by atoms with Gasteiger partial charge in [0, 0.05) is 37.1 Å². The number of nitrogens with zero attached hydrogens (tertiary/aromatic N) is 4. The highest BCUT2D eigenvalue weighted by atomic mass is 32.2. The van der Waals surface area contributed by atoms with Crippen LogP contribution in [0.25, 0.3) is 0 Å². The first-order valence-electron chi connectivity index (χ1n) is 10.5. The lowest BCUT2D eigenvalue weighted by Gasteiger charge is -2.33. The van der Waals surface area contributed by atoms with Crippen LogP contribution in [-0.4, -0.2) is 40.9 Å². The summed E-state index contributed by atoms with van der Waals surface area (Å²) in [6, 6.07) is 6.27. The summed E-state index contributed by atoms with van der Waals surface area (Å²) in [5, 5.41) is 6.83. The molecule has 0 fully saturated rings. The molecule has 0 spiro atoms. The van der Waals surface area contributed by atoms with Crippen molar-refractivity contribution in [1.82, 2.24) is 15.0 Å². The Balaban J connectivity index is 1.35. The van der Waals surface area contributed by atoms with Crippen LogP contribution >= 0.6 is 11.8 Å².